The molecule has 1 saturated carbocycles. The second-order valence-corrected chi connectivity index (χ2v) is 4.06. The molecule has 0 saturated heterocycles. The van der Waals surface area contributed by atoms with Crippen LogP contribution in [0.2, 0.25) is 0 Å². The van der Waals surface area contributed by atoms with E-state index in [1.165, 1.54) is 25.0 Å². The summed E-state index contributed by atoms with van der Waals surface area (Å²) in [7, 11) is 0. The van der Waals surface area contributed by atoms with Crippen LogP contribution in [0.15, 0.2) is 16.5 Å². The maximum absolute atomic E-state index is 5.62. The van der Waals surface area contributed by atoms with Gasteiger partial charge in [0.05, 0.1) is 0 Å². The highest BCUT2D eigenvalue weighted by molar-refractivity contribution is 5.11. The van der Waals surface area contributed by atoms with Crippen LogP contribution in [-0.2, 0) is 0 Å². The molecule has 0 N–H and O–H groups in total. The lowest BCUT2D eigenvalue weighted by Crippen LogP contribution is -1.90. The van der Waals surface area contributed by atoms with Crippen LogP contribution in [0, 0.1) is 12.8 Å². The van der Waals surface area contributed by atoms with E-state index in [1.807, 2.05) is 6.92 Å². The van der Waals surface area contributed by atoms with Crippen LogP contribution < -0.4 is 0 Å². The van der Waals surface area contributed by atoms with E-state index in [4.69, 9.17) is 4.42 Å². The van der Waals surface area contributed by atoms with E-state index >= 15 is 0 Å². The van der Waals surface area contributed by atoms with E-state index in [0.717, 1.165) is 11.7 Å². The van der Waals surface area contributed by atoms with Gasteiger partial charge >= 0.3 is 0 Å². The van der Waals surface area contributed by atoms with Crippen LogP contribution in [0.3, 0.4) is 0 Å². The number of aryl methyl sites for hydroxylation is 1. The van der Waals surface area contributed by atoms with Gasteiger partial charge in [0.1, 0.15) is 11.5 Å². The van der Waals surface area contributed by atoms with Crippen molar-refractivity contribution in [1.29, 1.82) is 0 Å². The highest BCUT2D eigenvalue weighted by atomic mass is 16.3. The van der Waals surface area contributed by atoms with Gasteiger partial charge in [-0.05, 0) is 44.2 Å². The molecule has 1 aliphatic rings. The smallest absolute Gasteiger partial charge is 0.107 e. The Morgan fingerprint density at radius 3 is 2.67 bits per heavy atom. The van der Waals surface area contributed by atoms with Crippen molar-refractivity contribution in [2.24, 2.45) is 5.92 Å². The normalized spacial score (nSPS) is 29.5. The standard InChI is InChI=1S/C11H16O/c1-8-3-5-10(7-8)11-6-4-9(2)12-11/h4,6,8,10H,3,5,7H2,1-2H3. The molecule has 1 aliphatic carbocycles. The van der Waals surface area contributed by atoms with E-state index in [-0.39, 0.29) is 0 Å². The Balaban J connectivity index is 2.11. The van der Waals surface area contributed by atoms with Crippen molar-refractivity contribution in [2.45, 2.75) is 39.0 Å². The Hall–Kier alpha value is -0.720. The van der Waals surface area contributed by atoms with Gasteiger partial charge in [-0.1, -0.05) is 6.92 Å². The zero-order valence-electron chi connectivity index (χ0n) is 7.84. The summed E-state index contributed by atoms with van der Waals surface area (Å²) in [6.07, 6.45) is 3.99. The van der Waals surface area contributed by atoms with E-state index < -0.39 is 0 Å². The van der Waals surface area contributed by atoms with Gasteiger partial charge in [-0.2, -0.15) is 0 Å². The SMILES string of the molecule is Cc1ccc(C2CCC(C)C2)o1. The summed E-state index contributed by atoms with van der Waals surface area (Å²) in [5.74, 6) is 3.84. The molecule has 0 aromatic carbocycles. The minimum absolute atomic E-state index is 0.702. The summed E-state index contributed by atoms with van der Waals surface area (Å²) in [4.78, 5) is 0. The van der Waals surface area contributed by atoms with Gasteiger partial charge in [0, 0.05) is 5.92 Å². The molecule has 2 unspecified atom stereocenters. The fourth-order valence-corrected chi connectivity index (χ4v) is 2.14. The summed E-state index contributed by atoms with van der Waals surface area (Å²) in [5, 5.41) is 0. The van der Waals surface area contributed by atoms with Crippen molar-refractivity contribution in [1.82, 2.24) is 0 Å². The third-order valence-corrected chi connectivity index (χ3v) is 2.86. The molecule has 1 aromatic heterocycles. The third-order valence-electron chi connectivity index (χ3n) is 2.86. The topological polar surface area (TPSA) is 13.1 Å². The van der Waals surface area contributed by atoms with Gasteiger partial charge in [0.15, 0.2) is 0 Å². The van der Waals surface area contributed by atoms with Gasteiger partial charge in [-0.25, -0.2) is 0 Å². The summed E-state index contributed by atoms with van der Waals surface area (Å²) in [6.45, 7) is 4.34. The largest absolute Gasteiger partial charge is 0.466 e. The van der Waals surface area contributed by atoms with Crippen molar-refractivity contribution in [3.8, 4) is 0 Å². The Morgan fingerprint density at radius 1 is 1.33 bits per heavy atom. The molecule has 1 aromatic rings. The zero-order valence-corrected chi connectivity index (χ0v) is 7.84. The molecule has 0 bridgehead atoms. The van der Waals surface area contributed by atoms with Crippen molar-refractivity contribution in [2.75, 3.05) is 0 Å². The molecule has 12 heavy (non-hydrogen) atoms. The van der Waals surface area contributed by atoms with Crippen LogP contribution >= 0.6 is 0 Å². The molecule has 2 rings (SSSR count). The van der Waals surface area contributed by atoms with E-state index in [1.54, 1.807) is 0 Å². The van der Waals surface area contributed by atoms with Crippen molar-refractivity contribution >= 4 is 0 Å². The molecule has 1 heterocycles. The summed E-state index contributed by atoms with van der Waals surface area (Å²) >= 11 is 0. The summed E-state index contributed by atoms with van der Waals surface area (Å²) < 4.78 is 5.62. The maximum atomic E-state index is 5.62. The summed E-state index contributed by atoms with van der Waals surface area (Å²) in [6, 6.07) is 4.20. The number of rotatable bonds is 1. The van der Waals surface area contributed by atoms with Crippen molar-refractivity contribution in [3.63, 3.8) is 0 Å². The Bertz CT molecular complexity index is 262. The lowest BCUT2D eigenvalue weighted by atomic mass is 10.0. The first-order chi connectivity index (χ1) is 5.75. The Kier molecular flexibility index (Phi) is 1.95. The molecule has 1 fully saturated rings. The van der Waals surface area contributed by atoms with Gasteiger partial charge in [-0.3, -0.25) is 0 Å². The highest BCUT2D eigenvalue weighted by Gasteiger charge is 2.24. The second-order valence-electron chi connectivity index (χ2n) is 4.06. The van der Waals surface area contributed by atoms with Crippen molar-refractivity contribution in [3.05, 3.63) is 23.7 Å². The van der Waals surface area contributed by atoms with E-state index in [2.05, 4.69) is 19.1 Å². The molecule has 0 radical (unpaired) electrons. The monoisotopic (exact) mass is 164 g/mol. The van der Waals surface area contributed by atoms with Crippen LogP contribution in [0.25, 0.3) is 0 Å². The molecule has 0 amide bonds. The lowest BCUT2D eigenvalue weighted by Gasteiger charge is -2.04. The molecule has 66 valence electrons. The molecule has 0 spiro atoms. The lowest BCUT2D eigenvalue weighted by molar-refractivity contribution is 0.439. The second kappa shape index (κ2) is 2.96. The molecular weight excluding hydrogens is 148 g/mol. The molecule has 2 atom stereocenters. The zero-order chi connectivity index (χ0) is 8.55. The predicted molar refractivity (Wildman–Crippen MR) is 49.2 cm³/mol. The van der Waals surface area contributed by atoms with Crippen LogP contribution in [0.5, 0.6) is 0 Å². The third kappa shape index (κ3) is 1.40. The number of hydrogen-bond acceptors (Lipinski definition) is 1. The first-order valence-electron chi connectivity index (χ1n) is 4.82. The predicted octanol–water partition coefficient (Wildman–Crippen LogP) is 3.49. The van der Waals surface area contributed by atoms with E-state index in [0.29, 0.717) is 5.92 Å². The van der Waals surface area contributed by atoms with Crippen molar-refractivity contribution < 1.29 is 4.42 Å². The number of hydrogen-bond donors (Lipinski definition) is 0. The quantitative estimate of drug-likeness (QED) is 0.619. The first kappa shape index (κ1) is 7.90. The van der Waals surface area contributed by atoms with Crippen LogP contribution in [-0.4, -0.2) is 0 Å². The summed E-state index contributed by atoms with van der Waals surface area (Å²) in [5.41, 5.74) is 0. The fourth-order valence-electron chi connectivity index (χ4n) is 2.14. The van der Waals surface area contributed by atoms with E-state index in [9.17, 15) is 0 Å². The molecule has 0 aliphatic heterocycles. The highest BCUT2D eigenvalue weighted by Crippen LogP contribution is 2.38. The fraction of sp³-hybridized carbons (Fsp3) is 0.636. The maximum Gasteiger partial charge on any atom is 0.107 e. The van der Waals surface area contributed by atoms with Crippen LogP contribution in [0.4, 0.5) is 0 Å². The molecular formula is C11H16O. The Labute approximate surface area is 73.8 Å². The van der Waals surface area contributed by atoms with Gasteiger partial charge < -0.3 is 4.42 Å². The average molecular weight is 164 g/mol. The minimum Gasteiger partial charge on any atom is -0.466 e. The van der Waals surface area contributed by atoms with Crippen LogP contribution in [0.1, 0.15) is 43.6 Å². The molecule has 1 nitrogen and oxygen atoms in total. The van der Waals surface area contributed by atoms with Gasteiger partial charge in [0.25, 0.3) is 0 Å². The first-order valence-corrected chi connectivity index (χ1v) is 4.82. The Morgan fingerprint density at radius 2 is 2.17 bits per heavy atom. The number of furan rings is 1. The molecule has 1 heteroatoms. The van der Waals surface area contributed by atoms with Gasteiger partial charge in [0.2, 0.25) is 0 Å². The minimum atomic E-state index is 0.702. The average Bonchev–Trinajstić information content (AvgIpc) is 2.58. The van der Waals surface area contributed by atoms with Gasteiger partial charge in [-0.15, -0.1) is 0 Å².